The molecule has 1 aliphatic rings. The summed E-state index contributed by atoms with van der Waals surface area (Å²) in [7, 11) is 1.74. The number of benzene rings is 1. The number of nitrogens with zero attached hydrogens (tertiary/aromatic N) is 5. The first-order valence-corrected chi connectivity index (χ1v) is 9.85. The van der Waals surface area contributed by atoms with E-state index in [1.807, 2.05) is 30.3 Å². The summed E-state index contributed by atoms with van der Waals surface area (Å²) < 4.78 is 4.36. The molecule has 1 fully saturated rings. The van der Waals surface area contributed by atoms with Crippen molar-refractivity contribution in [3.63, 3.8) is 0 Å². The second-order valence-corrected chi connectivity index (χ2v) is 6.87. The first kappa shape index (κ1) is 22.3. The number of carbonyl (C=O) groups is 1. The topological polar surface area (TPSA) is 85.8 Å². The monoisotopic (exact) mass is 515 g/mol. The van der Waals surface area contributed by atoms with E-state index in [1.54, 1.807) is 7.05 Å². The van der Waals surface area contributed by atoms with Gasteiger partial charge in [-0.3, -0.25) is 9.79 Å². The Morgan fingerprint density at radius 1 is 1.21 bits per heavy atom. The van der Waals surface area contributed by atoms with Crippen molar-refractivity contribution in [2.45, 2.75) is 13.3 Å². The molecule has 2 heterocycles. The summed E-state index contributed by atoms with van der Waals surface area (Å²) >= 11 is 1.46. The smallest absolute Gasteiger partial charge is 0.243 e. The van der Waals surface area contributed by atoms with Gasteiger partial charge in [-0.2, -0.15) is 4.37 Å². The average Bonchev–Trinajstić information content (AvgIpc) is 3.19. The third kappa shape index (κ3) is 6.03. The van der Waals surface area contributed by atoms with Crippen molar-refractivity contribution in [2.24, 2.45) is 4.99 Å². The Bertz CT molecular complexity index is 775. The molecule has 2 N–H and O–H groups in total. The number of aryl methyl sites for hydroxylation is 1. The summed E-state index contributed by atoms with van der Waals surface area (Å²) in [5.41, 5.74) is 0.788. The van der Waals surface area contributed by atoms with Crippen molar-refractivity contribution in [1.82, 2.24) is 19.6 Å². The zero-order valence-corrected chi connectivity index (χ0v) is 19.2. The normalized spacial score (nSPS) is 14.4. The largest absolute Gasteiger partial charge is 0.347 e. The number of para-hydroxylation sites is 1. The number of carbonyl (C=O) groups excluding carboxylic acids is 1. The van der Waals surface area contributed by atoms with Gasteiger partial charge < -0.3 is 20.4 Å². The van der Waals surface area contributed by atoms with Crippen LogP contribution in [0.1, 0.15) is 12.7 Å². The molecular weight excluding hydrogens is 489 g/mol. The van der Waals surface area contributed by atoms with Crippen LogP contribution in [0.25, 0.3) is 0 Å². The Hall–Kier alpha value is -1.95. The van der Waals surface area contributed by atoms with Crippen molar-refractivity contribution in [3.05, 3.63) is 36.2 Å². The zero-order chi connectivity index (χ0) is 19.1. The van der Waals surface area contributed by atoms with Crippen LogP contribution in [0.4, 0.5) is 10.8 Å². The van der Waals surface area contributed by atoms with E-state index in [0.29, 0.717) is 0 Å². The Morgan fingerprint density at radius 2 is 1.93 bits per heavy atom. The summed E-state index contributed by atoms with van der Waals surface area (Å²) in [5.74, 6) is 1.55. The van der Waals surface area contributed by atoms with Crippen molar-refractivity contribution in [1.29, 1.82) is 0 Å². The minimum Gasteiger partial charge on any atom is -0.347 e. The van der Waals surface area contributed by atoms with Crippen molar-refractivity contribution in [3.8, 4) is 0 Å². The third-order valence-corrected chi connectivity index (χ3v) is 5.11. The van der Waals surface area contributed by atoms with Gasteiger partial charge in [0.05, 0.1) is 6.54 Å². The number of piperazine rings is 1. The number of aromatic nitrogens is 2. The highest BCUT2D eigenvalue weighted by atomic mass is 127. The molecular formula is C18H26IN7OS. The average molecular weight is 515 g/mol. The molecule has 0 atom stereocenters. The van der Waals surface area contributed by atoms with Gasteiger partial charge in [0.15, 0.2) is 5.96 Å². The number of rotatable bonds is 5. The SMILES string of the molecule is CCc1nsc(N2CCN(C(=NC)NCC(=O)Nc3ccccc3)CC2)n1.I. The second-order valence-electron chi connectivity index (χ2n) is 6.14. The number of hydrogen-bond donors (Lipinski definition) is 2. The predicted octanol–water partition coefficient (Wildman–Crippen LogP) is 2.05. The fourth-order valence-electron chi connectivity index (χ4n) is 2.84. The van der Waals surface area contributed by atoms with Crippen LogP contribution < -0.4 is 15.5 Å². The maximum absolute atomic E-state index is 12.1. The van der Waals surface area contributed by atoms with Gasteiger partial charge in [-0.1, -0.05) is 25.1 Å². The number of amides is 1. The van der Waals surface area contributed by atoms with Gasteiger partial charge in [-0.05, 0) is 12.1 Å². The number of nitrogens with one attached hydrogen (secondary N) is 2. The number of halogens is 1. The first-order valence-electron chi connectivity index (χ1n) is 9.07. The quantitative estimate of drug-likeness (QED) is 0.360. The fourth-order valence-corrected chi connectivity index (χ4v) is 3.65. The van der Waals surface area contributed by atoms with Crippen LogP contribution in [0.2, 0.25) is 0 Å². The molecule has 1 aromatic heterocycles. The van der Waals surface area contributed by atoms with E-state index in [2.05, 4.69) is 41.7 Å². The number of hydrogen-bond acceptors (Lipinski definition) is 6. The third-order valence-electron chi connectivity index (χ3n) is 4.30. The van der Waals surface area contributed by atoms with Gasteiger partial charge in [0, 0.05) is 56.9 Å². The van der Waals surface area contributed by atoms with Gasteiger partial charge in [-0.15, -0.1) is 24.0 Å². The molecule has 0 spiro atoms. The van der Waals surface area contributed by atoms with E-state index in [1.165, 1.54) is 11.5 Å². The van der Waals surface area contributed by atoms with Gasteiger partial charge in [0.25, 0.3) is 0 Å². The lowest BCUT2D eigenvalue weighted by atomic mass is 10.3. The summed E-state index contributed by atoms with van der Waals surface area (Å²) in [6, 6.07) is 9.43. The Kier molecular flexibility index (Phi) is 8.90. The molecule has 8 nitrogen and oxygen atoms in total. The number of aliphatic imine (C=N–C) groups is 1. The van der Waals surface area contributed by atoms with E-state index in [4.69, 9.17) is 0 Å². The van der Waals surface area contributed by atoms with Gasteiger partial charge in [-0.25, -0.2) is 4.98 Å². The molecule has 28 heavy (non-hydrogen) atoms. The standard InChI is InChI=1S/C18H25N7OS.HI/c1-3-15-22-18(27-23-15)25-11-9-24(10-12-25)17(19-2)20-13-16(26)21-14-7-5-4-6-8-14;/h4-8H,3,9-13H2,1-2H3,(H,19,20)(H,21,26);1H. The fraction of sp³-hybridized carbons (Fsp3) is 0.444. The Morgan fingerprint density at radius 3 is 2.54 bits per heavy atom. The highest BCUT2D eigenvalue weighted by Crippen LogP contribution is 2.19. The first-order chi connectivity index (χ1) is 13.2. The van der Waals surface area contributed by atoms with E-state index in [9.17, 15) is 4.79 Å². The molecule has 152 valence electrons. The second kappa shape index (κ2) is 11.1. The minimum absolute atomic E-state index is 0. The van der Waals surface area contributed by atoms with Crippen molar-refractivity contribution < 1.29 is 4.79 Å². The maximum atomic E-state index is 12.1. The summed E-state index contributed by atoms with van der Waals surface area (Å²) in [6.45, 7) is 5.60. The molecule has 3 rings (SSSR count). The van der Waals surface area contributed by atoms with Gasteiger partial charge >= 0.3 is 0 Å². The van der Waals surface area contributed by atoms with Crippen molar-refractivity contribution in [2.75, 3.05) is 50.0 Å². The Balaban J connectivity index is 0.00000280. The maximum Gasteiger partial charge on any atom is 0.243 e. The lowest BCUT2D eigenvalue weighted by molar-refractivity contribution is -0.115. The van der Waals surface area contributed by atoms with Crippen LogP contribution in [-0.2, 0) is 11.2 Å². The molecule has 10 heteroatoms. The predicted molar refractivity (Wildman–Crippen MR) is 125 cm³/mol. The molecule has 0 saturated carbocycles. The van der Waals surface area contributed by atoms with Gasteiger partial charge in [0.2, 0.25) is 11.0 Å². The summed E-state index contributed by atoms with van der Waals surface area (Å²) in [5, 5.41) is 6.99. The lowest BCUT2D eigenvalue weighted by Gasteiger charge is -2.36. The molecule has 0 radical (unpaired) electrons. The molecule has 1 saturated heterocycles. The van der Waals surface area contributed by atoms with Crippen molar-refractivity contribution >= 4 is 58.2 Å². The summed E-state index contributed by atoms with van der Waals surface area (Å²) in [6.07, 6.45) is 0.859. The molecule has 1 aromatic carbocycles. The zero-order valence-electron chi connectivity index (χ0n) is 16.1. The van der Waals surface area contributed by atoms with Crippen LogP contribution in [-0.4, -0.2) is 65.9 Å². The van der Waals surface area contributed by atoms with Crippen LogP contribution in [0.3, 0.4) is 0 Å². The number of anilines is 2. The minimum atomic E-state index is -0.0954. The van der Waals surface area contributed by atoms with Crippen LogP contribution in [0.15, 0.2) is 35.3 Å². The van der Waals surface area contributed by atoms with Crippen LogP contribution in [0, 0.1) is 0 Å². The highest BCUT2D eigenvalue weighted by molar-refractivity contribution is 14.0. The lowest BCUT2D eigenvalue weighted by Crippen LogP contribution is -2.53. The molecule has 2 aromatic rings. The van der Waals surface area contributed by atoms with E-state index >= 15 is 0 Å². The van der Waals surface area contributed by atoms with Crippen LogP contribution >= 0.6 is 35.5 Å². The van der Waals surface area contributed by atoms with E-state index in [0.717, 1.165) is 55.2 Å². The van der Waals surface area contributed by atoms with E-state index < -0.39 is 0 Å². The summed E-state index contributed by atoms with van der Waals surface area (Å²) in [4.78, 5) is 25.4. The number of guanidine groups is 1. The molecule has 0 aliphatic carbocycles. The molecule has 1 aliphatic heterocycles. The van der Waals surface area contributed by atoms with Crippen LogP contribution in [0.5, 0.6) is 0 Å². The Labute approximate surface area is 186 Å². The molecule has 0 unspecified atom stereocenters. The van der Waals surface area contributed by atoms with E-state index in [-0.39, 0.29) is 36.4 Å². The molecule has 0 bridgehead atoms. The van der Waals surface area contributed by atoms with Gasteiger partial charge in [0.1, 0.15) is 5.82 Å². The highest BCUT2D eigenvalue weighted by Gasteiger charge is 2.22. The molecule has 1 amide bonds.